The Bertz CT molecular complexity index is 50.8. The summed E-state index contributed by atoms with van der Waals surface area (Å²) < 4.78 is 0. The molecule has 32 valence electrons. The zero-order valence-electron chi connectivity index (χ0n) is 4.05. The molecular formula is C3H7BN2. The molecule has 0 aromatic carbocycles. The van der Waals surface area contributed by atoms with Gasteiger partial charge >= 0.3 is 0 Å². The summed E-state index contributed by atoms with van der Waals surface area (Å²) in [7, 11) is 6.70. The lowest BCUT2D eigenvalue weighted by Crippen LogP contribution is -2.02. The molecule has 0 bridgehead atoms. The lowest BCUT2D eigenvalue weighted by molar-refractivity contribution is 0.596. The third-order valence-electron chi connectivity index (χ3n) is 0.298. The van der Waals surface area contributed by atoms with E-state index in [4.69, 9.17) is 7.98 Å². The Labute approximate surface area is 39.3 Å². The van der Waals surface area contributed by atoms with Gasteiger partial charge < -0.3 is 4.92 Å². The Morgan fingerprint density at radius 2 is 2.33 bits per heavy atom. The summed E-state index contributed by atoms with van der Waals surface area (Å²) in [4.78, 5) is 1.25. The van der Waals surface area contributed by atoms with Crippen molar-refractivity contribution < 1.29 is 0 Å². The first-order chi connectivity index (χ1) is 2.77. The summed E-state index contributed by atoms with van der Waals surface area (Å²) in [6.07, 6.45) is 1.62. The average molecular weight is 81.9 g/mol. The molecule has 0 atom stereocenters. The van der Waals surface area contributed by atoms with E-state index < -0.39 is 0 Å². The van der Waals surface area contributed by atoms with Gasteiger partial charge in [0.05, 0.1) is 0 Å². The molecule has 2 nitrogen and oxygen atoms in total. The molecule has 0 spiro atoms. The van der Waals surface area contributed by atoms with Crippen LogP contribution in [0, 0.1) is 0 Å². The van der Waals surface area contributed by atoms with Gasteiger partial charge in [-0.3, -0.25) is 0 Å². The molecule has 0 amide bonds. The molecule has 3 heteroatoms. The lowest BCUT2D eigenvalue weighted by Gasteiger charge is -1.99. The van der Waals surface area contributed by atoms with Crippen LogP contribution in [0.3, 0.4) is 0 Å². The van der Waals surface area contributed by atoms with E-state index in [2.05, 4.69) is 5.10 Å². The quantitative estimate of drug-likeness (QED) is 0.247. The summed E-state index contributed by atoms with van der Waals surface area (Å²) in [6, 6.07) is 0. The van der Waals surface area contributed by atoms with E-state index in [1.54, 1.807) is 13.3 Å². The maximum absolute atomic E-state index is 5.04. The summed E-state index contributed by atoms with van der Waals surface area (Å²) in [5, 5.41) is 3.61. The summed E-state index contributed by atoms with van der Waals surface area (Å²) in [6.45, 7) is 1.81. The number of rotatable bonds is 1. The second-order valence-electron chi connectivity index (χ2n) is 0.947. The van der Waals surface area contributed by atoms with Crippen LogP contribution in [0.5, 0.6) is 0 Å². The van der Waals surface area contributed by atoms with Gasteiger partial charge in [0.25, 0.3) is 7.98 Å². The number of hydrazone groups is 1. The molecule has 0 aromatic rings. The van der Waals surface area contributed by atoms with Crippen LogP contribution in [0.2, 0.25) is 0 Å². The normalized spacial score (nSPS) is 9.67. The van der Waals surface area contributed by atoms with E-state index in [0.717, 1.165) is 0 Å². The minimum Gasteiger partial charge on any atom is -0.357 e. The minimum absolute atomic E-state index is 1.25. The number of nitrogens with zero attached hydrogens (tertiary/aromatic N) is 2. The van der Waals surface area contributed by atoms with E-state index in [-0.39, 0.29) is 0 Å². The molecule has 0 aliphatic carbocycles. The average Bonchev–Trinajstić information content (AvgIpc) is 1.35. The van der Waals surface area contributed by atoms with Crippen molar-refractivity contribution in [1.82, 2.24) is 4.92 Å². The zero-order valence-corrected chi connectivity index (χ0v) is 4.05. The number of hydrogen-bond donors (Lipinski definition) is 0. The smallest absolute Gasteiger partial charge is 0.255 e. The largest absolute Gasteiger partial charge is 0.357 e. The first-order valence-corrected chi connectivity index (χ1v) is 1.74. The van der Waals surface area contributed by atoms with Crippen LogP contribution in [0.25, 0.3) is 0 Å². The fourth-order valence-corrected chi connectivity index (χ4v) is 0.182. The Balaban J connectivity index is 3.03. The van der Waals surface area contributed by atoms with Crippen molar-refractivity contribution in [2.45, 2.75) is 6.92 Å². The van der Waals surface area contributed by atoms with Crippen LogP contribution in [0.1, 0.15) is 6.92 Å². The molecule has 0 aromatic heterocycles. The van der Waals surface area contributed by atoms with E-state index >= 15 is 0 Å². The molecule has 0 saturated carbocycles. The van der Waals surface area contributed by atoms with Crippen LogP contribution in [-0.2, 0) is 0 Å². The third kappa shape index (κ3) is 3.53. The van der Waals surface area contributed by atoms with Crippen LogP contribution in [0.4, 0.5) is 0 Å². The maximum Gasteiger partial charge on any atom is 0.255 e. The van der Waals surface area contributed by atoms with Gasteiger partial charge in [0.1, 0.15) is 0 Å². The molecule has 0 fully saturated rings. The van der Waals surface area contributed by atoms with Gasteiger partial charge in [-0.25, -0.2) is 5.10 Å². The van der Waals surface area contributed by atoms with E-state index in [0.29, 0.717) is 0 Å². The van der Waals surface area contributed by atoms with E-state index in [1.807, 2.05) is 6.92 Å². The highest BCUT2D eigenvalue weighted by molar-refractivity contribution is 6.04. The molecule has 0 aliphatic rings. The SMILES string of the molecule is [B]N(C)/N=C\C. The van der Waals surface area contributed by atoms with Gasteiger partial charge in [-0.1, -0.05) is 0 Å². The van der Waals surface area contributed by atoms with Crippen LogP contribution < -0.4 is 0 Å². The molecule has 0 N–H and O–H groups in total. The lowest BCUT2D eigenvalue weighted by atomic mass is 10.4. The Morgan fingerprint density at radius 1 is 1.83 bits per heavy atom. The predicted molar refractivity (Wildman–Crippen MR) is 27.7 cm³/mol. The molecular weight excluding hydrogens is 74.9 g/mol. The van der Waals surface area contributed by atoms with Gasteiger partial charge in [0.2, 0.25) is 0 Å². The van der Waals surface area contributed by atoms with Crippen molar-refractivity contribution in [2.24, 2.45) is 5.10 Å². The summed E-state index contributed by atoms with van der Waals surface area (Å²) in [5.41, 5.74) is 0. The zero-order chi connectivity index (χ0) is 4.99. The van der Waals surface area contributed by atoms with E-state index in [1.165, 1.54) is 4.92 Å². The Morgan fingerprint density at radius 3 is 2.33 bits per heavy atom. The second kappa shape index (κ2) is 2.76. The van der Waals surface area contributed by atoms with E-state index in [9.17, 15) is 0 Å². The second-order valence-corrected chi connectivity index (χ2v) is 0.947. The fourth-order valence-electron chi connectivity index (χ4n) is 0.182. The minimum atomic E-state index is 1.25. The Hall–Kier alpha value is -0.465. The van der Waals surface area contributed by atoms with Crippen LogP contribution >= 0.6 is 0 Å². The monoisotopic (exact) mass is 82.1 g/mol. The molecule has 0 saturated heterocycles. The first kappa shape index (κ1) is 5.53. The van der Waals surface area contributed by atoms with Crippen molar-refractivity contribution in [2.75, 3.05) is 7.05 Å². The van der Waals surface area contributed by atoms with Crippen molar-refractivity contribution in [3.05, 3.63) is 0 Å². The van der Waals surface area contributed by atoms with Gasteiger partial charge in [0.15, 0.2) is 0 Å². The molecule has 0 unspecified atom stereocenters. The fraction of sp³-hybridized carbons (Fsp3) is 0.667. The highest BCUT2D eigenvalue weighted by Gasteiger charge is 1.67. The van der Waals surface area contributed by atoms with Gasteiger partial charge in [-0.15, -0.1) is 0 Å². The van der Waals surface area contributed by atoms with Gasteiger partial charge in [-0.2, -0.15) is 0 Å². The molecule has 0 aliphatic heterocycles. The van der Waals surface area contributed by atoms with Gasteiger partial charge in [0, 0.05) is 13.3 Å². The molecule has 0 heterocycles. The third-order valence-corrected chi connectivity index (χ3v) is 0.298. The van der Waals surface area contributed by atoms with Crippen molar-refractivity contribution in [3.63, 3.8) is 0 Å². The first-order valence-electron chi connectivity index (χ1n) is 1.74. The van der Waals surface area contributed by atoms with Crippen LogP contribution in [0.15, 0.2) is 5.10 Å². The molecule has 2 radical (unpaired) electrons. The molecule has 0 rings (SSSR count). The van der Waals surface area contributed by atoms with Crippen molar-refractivity contribution in [1.29, 1.82) is 0 Å². The van der Waals surface area contributed by atoms with Crippen LogP contribution in [-0.4, -0.2) is 26.2 Å². The van der Waals surface area contributed by atoms with Gasteiger partial charge in [-0.05, 0) is 6.92 Å². The highest BCUT2D eigenvalue weighted by Crippen LogP contribution is 1.65. The number of hydrogen-bond acceptors (Lipinski definition) is 2. The predicted octanol–water partition coefficient (Wildman–Crippen LogP) is 0.00740. The maximum atomic E-state index is 5.04. The Kier molecular flexibility index (Phi) is 2.54. The summed E-state index contributed by atoms with van der Waals surface area (Å²) in [5.74, 6) is 0. The van der Waals surface area contributed by atoms with Crippen molar-refractivity contribution in [3.8, 4) is 0 Å². The topological polar surface area (TPSA) is 15.6 Å². The molecule has 6 heavy (non-hydrogen) atoms. The standard InChI is InChI=1S/C3H7BN2/c1-3-5-6(2)4/h3H,1-2H3/b5-3-. The summed E-state index contributed by atoms with van der Waals surface area (Å²) >= 11 is 0. The highest BCUT2D eigenvalue weighted by atomic mass is 15.4. The van der Waals surface area contributed by atoms with Crippen molar-refractivity contribution >= 4 is 14.2 Å².